The molecule has 3 unspecified atom stereocenters. The predicted molar refractivity (Wildman–Crippen MR) is 160 cm³/mol. The molecule has 3 atom stereocenters. The van der Waals surface area contributed by atoms with Gasteiger partial charge in [-0.1, -0.05) is 56.2 Å². The van der Waals surface area contributed by atoms with Crippen LogP contribution in [0.2, 0.25) is 5.02 Å². The molecule has 0 saturated heterocycles. The Bertz CT molecular complexity index is 1030. The molecule has 1 aliphatic rings. The molecule has 0 fully saturated rings. The standard InChI is InChI=1S/C31H43ClN2O2S/c1-3-24(10-6-4-5-9-23(2)22-37)19-34-20-26(13-7-11-25-12-8-14-28(32)17-25)21-36-30-16-15-27(31(33)35)18-29(30)34/h4-5,8,12,14-18,23-24,26,37H,3,6-7,9-11,13,19-22H2,1-2H3,(H2,33,35)/b5-4+. The molecular weight excluding hydrogens is 500 g/mol. The van der Waals surface area contributed by atoms with Crippen LogP contribution < -0.4 is 15.4 Å². The number of anilines is 1. The first-order chi connectivity index (χ1) is 17.9. The summed E-state index contributed by atoms with van der Waals surface area (Å²) in [6.07, 6.45) is 12.2. The van der Waals surface area contributed by atoms with E-state index in [1.54, 1.807) is 6.07 Å². The van der Waals surface area contributed by atoms with Crippen molar-refractivity contribution in [3.05, 3.63) is 70.8 Å². The maximum absolute atomic E-state index is 11.9. The molecule has 4 nitrogen and oxygen atoms in total. The Kier molecular flexibility index (Phi) is 12.2. The van der Waals surface area contributed by atoms with Crippen molar-refractivity contribution in [1.29, 1.82) is 0 Å². The average Bonchev–Trinajstić information content (AvgIpc) is 3.06. The van der Waals surface area contributed by atoms with Crippen LogP contribution in [0.5, 0.6) is 5.75 Å². The fraction of sp³-hybridized carbons (Fsp3) is 0.516. The van der Waals surface area contributed by atoms with Crippen molar-refractivity contribution in [2.75, 3.05) is 30.3 Å². The van der Waals surface area contributed by atoms with E-state index in [0.717, 1.165) is 80.2 Å². The minimum absolute atomic E-state index is 0.405. The number of fused-ring (bicyclic) bond motifs is 1. The molecule has 2 aromatic carbocycles. The third kappa shape index (κ3) is 9.61. The Hall–Kier alpha value is -2.11. The van der Waals surface area contributed by atoms with Crippen LogP contribution in [0.3, 0.4) is 0 Å². The number of benzene rings is 2. The Morgan fingerprint density at radius 3 is 2.84 bits per heavy atom. The molecular formula is C31H43ClN2O2S. The number of primary amides is 1. The molecule has 202 valence electrons. The van der Waals surface area contributed by atoms with E-state index in [4.69, 9.17) is 22.1 Å². The first-order valence-corrected chi connectivity index (χ1v) is 14.7. The van der Waals surface area contributed by atoms with Gasteiger partial charge in [-0.15, -0.1) is 0 Å². The molecule has 2 N–H and O–H groups in total. The zero-order chi connectivity index (χ0) is 26.6. The van der Waals surface area contributed by atoms with Crippen LogP contribution >= 0.6 is 24.2 Å². The number of thiol groups is 1. The zero-order valence-electron chi connectivity index (χ0n) is 22.4. The lowest BCUT2D eigenvalue weighted by Crippen LogP contribution is -2.34. The van der Waals surface area contributed by atoms with E-state index in [1.165, 1.54) is 5.56 Å². The summed E-state index contributed by atoms with van der Waals surface area (Å²) in [6, 6.07) is 13.7. The van der Waals surface area contributed by atoms with Gasteiger partial charge in [-0.25, -0.2) is 0 Å². The van der Waals surface area contributed by atoms with Crippen molar-refractivity contribution in [1.82, 2.24) is 0 Å². The largest absolute Gasteiger partial charge is 0.491 e. The molecule has 0 saturated carbocycles. The van der Waals surface area contributed by atoms with Crippen LogP contribution in [0.4, 0.5) is 5.69 Å². The van der Waals surface area contributed by atoms with Crippen molar-refractivity contribution in [2.24, 2.45) is 23.5 Å². The number of carbonyl (C=O) groups excluding carboxylic acids is 1. The first kappa shape index (κ1) is 29.4. The van der Waals surface area contributed by atoms with Crippen LogP contribution in [0, 0.1) is 17.8 Å². The highest BCUT2D eigenvalue weighted by atomic mass is 35.5. The second-order valence-electron chi connectivity index (χ2n) is 10.5. The number of hydrogen-bond donors (Lipinski definition) is 2. The van der Waals surface area contributed by atoms with E-state index in [9.17, 15) is 4.79 Å². The minimum Gasteiger partial charge on any atom is -0.491 e. The van der Waals surface area contributed by atoms with Gasteiger partial charge < -0.3 is 15.4 Å². The van der Waals surface area contributed by atoms with Crippen LogP contribution in [-0.2, 0) is 6.42 Å². The molecule has 1 heterocycles. The molecule has 0 bridgehead atoms. The van der Waals surface area contributed by atoms with Crippen LogP contribution in [0.15, 0.2) is 54.6 Å². The quantitative estimate of drug-likeness (QED) is 0.191. The molecule has 37 heavy (non-hydrogen) atoms. The summed E-state index contributed by atoms with van der Waals surface area (Å²) in [7, 11) is 0. The van der Waals surface area contributed by atoms with Gasteiger partial charge in [-0.2, -0.15) is 12.6 Å². The molecule has 1 aliphatic heterocycles. The maximum atomic E-state index is 11.9. The van der Waals surface area contributed by atoms with Gasteiger partial charge in [0.15, 0.2) is 0 Å². The molecule has 2 aromatic rings. The van der Waals surface area contributed by atoms with Crippen molar-refractivity contribution in [3.63, 3.8) is 0 Å². The topological polar surface area (TPSA) is 55.6 Å². The number of amides is 1. The lowest BCUT2D eigenvalue weighted by atomic mass is 9.96. The summed E-state index contributed by atoms with van der Waals surface area (Å²) in [5.41, 5.74) is 8.42. The van der Waals surface area contributed by atoms with Gasteiger partial charge in [0, 0.05) is 29.6 Å². The number of aryl methyl sites for hydroxylation is 1. The molecule has 3 rings (SSSR count). The van der Waals surface area contributed by atoms with Crippen molar-refractivity contribution < 1.29 is 9.53 Å². The second kappa shape index (κ2) is 15.3. The van der Waals surface area contributed by atoms with Crippen LogP contribution in [0.25, 0.3) is 0 Å². The molecule has 0 radical (unpaired) electrons. The van der Waals surface area contributed by atoms with Gasteiger partial charge in [0.2, 0.25) is 5.91 Å². The fourth-order valence-electron chi connectivity index (χ4n) is 4.93. The molecule has 0 aliphatic carbocycles. The lowest BCUT2D eigenvalue weighted by molar-refractivity contribution is 0.100. The average molecular weight is 543 g/mol. The lowest BCUT2D eigenvalue weighted by Gasteiger charge is -2.30. The fourth-order valence-corrected chi connectivity index (χ4v) is 5.30. The smallest absolute Gasteiger partial charge is 0.248 e. The normalized spacial score (nSPS) is 17.2. The number of nitrogens with zero attached hydrogens (tertiary/aromatic N) is 1. The van der Waals surface area contributed by atoms with E-state index < -0.39 is 5.91 Å². The van der Waals surface area contributed by atoms with E-state index >= 15 is 0 Å². The number of allylic oxidation sites excluding steroid dienone is 2. The van der Waals surface area contributed by atoms with E-state index in [-0.39, 0.29) is 0 Å². The molecule has 0 spiro atoms. The number of nitrogens with two attached hydrogens (primary N) is 1. The Morgan fingerprint density at radius 2 is 2.11 bits per heavy atom. The van der Waals surface area contributed by atoms with Crippen LogP contribution in [0.1, 0.15) is 68.3 Å². The summed E-state index contributed by atoms with van der Waals surface area (Å²) < 4.78 is 6.28. The number of carbonyl (C=O) groups is 1. The first-order valence-electron chi connectivity index (χ1n) is 13.7. The highest BCUT2D eigenvalue weighted by Gasteiger charge is 2.25. The summed E-state index contributed by atoms with van der Waals surface area (Å²) >= 11 is 10.5. The zero-order valence-corrected chi connectivity index (χ0v) is 24.0. The number of halogens is 1. The SMILES string of the molecule is CCC(CC/C=C/CC(C)CS)CN1CC(CCCc2cccc(Cl)c2)COc2ccc(C(N)=O)cc21. The van der Waals surface area contributed by atoms with E-state index in [1.807, 2.05) is 24.3 Å². The third-order valence-corrected chi connectivity index (χ3v) is 8.18. The second-order valence-corrected chi connectivity index (χ2v) is 11.3. The van der Waals surface area contributed by atoms with Gasteiger partial charge in [-0.3, -0.25) is 4.79 Å². The van der Waals surface area contributed by atoms with Crippen molar-refractivity contribution >= 4 is 35.8 Å². The van der Waals surface area contributed by atoms with Crippen molar-refractivity contribution in [3.8, 4) is 5.75 Å². The summed E-state index contributed by atoms with van der Waals surface area (Å²) in [5, 5.41) is 0.791. The highest BCUT2D eigenvalue weighted by Crippen LogP contribution is 2.35. The van der Waals surface area contributed by atoms with Crippen LogP contribution in [-0.4, -0.2) is 31.4 Å². The molecule has 6 heteroatoms. The Balaban J connectivity index is 1.67. The monoisotopic (exact) mass is 542 g/mol. The third-order valence-electron chi connectivity index (χ3n) is 7.32. The number of rotatable bonds is 14. The highest BCUT2D eigenvalue weighted by molar-refractivity contribution is 7.80. The molecule has 0 aromatic heterocycles. The number of hydrogen-bond acceptors (Lipinski definition) is 4. The molecule has 1 amide bonds. The Morgan fingerprint density at radius 1 is 1.27 bits per heavy atom. The summed E-state index contributed by atoms with van der Waals surface area (Å²) in [6.45, 7) is 7.04. The summed E-state index contributed by atoms with van der Waals surface area (Å²) in [4.78, 5) is 14.4. The Labute approximate surface area is 234 Å². The van der Waals surface area contributed by atoms with Crippen molar-refractivity contribution in [2.45, 2.75) is 58.8 Å². The van der Waals surface area contributed by atoms with Gasteiger partial charge in [-0.05, 0) is 92.0 Å². The van der Waals surface area contributed by atoms with Gasteiger partial charge in [0.25, 0.3) is 0 Å². The minimum atomic E-state index is -0.405. The number of ether oxygens (including phenoxy) is 1. The van der Waals surface area contributed by atoms with Gasteiger partial charge >= 0.3 is 0 Å². The maximum Gasteiger partial charge on any atom is 0.248 e. The van der Waals surface area contributed by atoms with Gasteiger partial charge in [0.1, 0.15) is 5.75 Å². The van der Waals surface area contributed by atoms with E-state index in [0.29, 0.717) is 29.9 Å². The van der Waals surface area contributed by atoms with Gasteiger partial charge in [0.05, 0.1) is 12.3 Å². The predicted octanol–water partition coefficient (Wildman–Crippen LogP) is 7.60. The summed E-state index contributed by atoms with van der Waals surface area (Å²) in [5.74, 6) is 2.94. The van der Waals surface area contributed by atoms with E-state index in [2.05, 4.69) is 55.7 Å².